The highest BCUT2D eigenvalue weighted by Gasteiger charge is 2.32. The second-order valence-corrected chi connectivity index (χ2v) is 7.83. The van der Waals surface area contributed by atoms with Gasteiger partial charge in [0.2, 0.25) is 0 Å². The number of aryl methyl sites for hydroxylation is 1. The van der Waals surface area contributed by atoms with Crippen molar-refractivity contribution < 1.29 is 8.42 Å². The SMILES string of the molecule is CCC1CCC(S(=O)(=O)c2ccc(C)cc2N)CC1. The van der Waals surface area contributed by atoms with E-state index in [1.807, 2.05) is 13.0 Å². The van der Waals surface area contributed by atoms with Crippen LogP contribution in [-0.2, 0) is 9.84 Å². The fraction of sp³-hybridized carbons (Fsp3) is 0.600. The largest absolute Gasteiger partial charge is 0.398 e. The van der Waals surface area contributed by atoms with Crippen LogP contribution in [0.5, 0.6) is 0 Å². The van der Waals surface area contributed by atoms with Crippen molar-refractivity contribution in [3.8, 4) is 0 Å². The number of nitrogens with two attached hydrogens (primary N) is 1. The summed E-state index contributed by atoms with van der Waals surface area (Å²) in [6.45, 7) is 4.09. The lowest BCUT2D eigenvalue weighted by Crippen LogP contribution is -2.27. The lowest BCUT2D eigenvalue weighted by molar-refractivity contribution is 0.348. The van der Waals surface area contributed by atoms with Crippen molar-refractivity contribution in [2.45, 2.75) is 56.1 Å². The Morgan fingerprint density at radius 2 is 1.84 bits per heavy atom. The van der Waals surface area contributed by atoms with Crippen molar-refractivity contribution in [1.82, 2.24) is 0 Å². The molecular weight excluding hydrogens is 258 g/mol. The van der Waals surface area contributed by atoms with Gasteiger partial charge in [-0.15, -0.1) is 0 Å². The Bertz CT molecular complexity index is 543. The summed E-state index contributed by atoms with van der Waals surface area (Å²) in [6, 6.07) is 5.22. The second-order valence-electron chi connectivity index (χ2n) is 5.64. The molecule has 106 valence electrons. The van der Waals surface area contributed by atoms with Gasteiger partial charge >= 0.3 is 0 Å². The summed E-state index contributed by atoms with van der Waals surface area (Å²) in [4.78, 5) is 0.318. The van der Waals surface area contributed by atoms with Gasteiger partial charge in [0.05, 0.1) is 15.8 Å². The van der Waals surface area contributed by atoms with Crippen LogP contribution >= 0.6 is 0 Å². The van der Waals surface area contributed by atoms with Crippen molar-refractivity contribution in [3.63, 3.8) is 0 Å². The molecule has 19 heavy (non-hydrogen) atoms. The van der Waals surface area contributed by atoms with E-state index in [0.717, 1.165) is 37.7 Å². The zero-order valence-electron chi connectivity index (χ0n) is 11.7. The quantitative estimate of drug-likeness (QED) is 0.865. The van der Waals surface area contributed by atoms with Gasteiger partial charge in [0.25, 0.3) is 0 Å². The predicted octanol–water partition coefficient (Wildman–Crippen LogP) is 3.32. The molecule has 1 saturated carbocycles. The van der Waals surface area contributed by atoms with Crippen LogP contribution in [0.3, 0.4) is 0 Å². The molecule has 4 heteroatoms. The van der Waals surface area contributed by atoms with Gasteiger partial charge in [-0.05, 0) is 56.2 Å². The second kappa shape index (κ2) is 5.53. The van der Waals surface area contributed by atoms with E-state index in [0.29, 0.717) is 16.5 Å². The molecule has 2 rings (SSSR count). The van der Waals surface area contributed by atoms with Crippen LogP contribution < -0.4 is 5.73 Å². The third kappa shape index (κ3) is 2.94. The van der Waals surface area contributed by atoms with Crippen LogP contribution in [0.2, 0.25) is 0 Å². The van der Waals surface area contributed by atoms with Gasteiger partial charge in [0.1, 0.15) is 0 Å². The molecule has 1 aliphatic carbocycles. The van der Waals surface area contributed by atoms with E-state index < -0.39 is 9.84 Å². The smallest absolute Gasteiger partial charge is 0.183 e. The Hall–Kier alpha value is -1.03. The van der Waals surface area contributed by atoms with Crippen LogP contribution in [0.4, 0.5) is 5.69 Å². The highest BCUT2D eigenvalue weighted by atomic mass is 32.2. The predicted molar refractivity (Wildman–Crippen MR) is 78.8 cm³/mol. The zero-order valence-corrected chi connectivity index (χ0v) is 12.5. The van der Waals surface area contributed by atoms with Gasteiger partial charge in [-0.3, -0.25) is 0 Å². The average Bonchev–Trinajstić information content (AvgIpc) is 2.38. The van der Waals surface area contributed by atoms with Gasteiger partial charge in [0, 0.05) is 0 Å². The maximum absolute atomic E-state index is 12.6. The Kier molecular flexibility index (Phi) is 4.19. The minimum absolute atomic E-state index is 0.250. The van der Waals surface area contributed by atoms with E-state index in [2.05, 4.69) is 6.92 Å². The third-order valence-corrected chi connectivity index (χ3v) is 6.62. The van der Waals surface area contributed by atoms with Gasteiger partial charge in [-0.2, -0.15) is 0 Å². The molecule has 0 aromatic heterocycles. The molecule has 0 heterocycles. The van der Waals surface area contributed by atoms with Crippen molar-refractivity contribution >= 4 is 15.5 Å². The van der Waals surface area contributed by atoms with Crippen molar-refractivity contribution in [1.29, 1.82) is 0 Å². The number of nitrogen functional groups attached to an aromatic ring is 1. The highest BCUT2D eigenvalue weighted by Crippen LogP contribution is 2.34. The summed E-state index contributed by atoms with van der Waals surface area (Å²) in [6.07, 6.45) is 4.74. The summed E-state index contributed by atoms with van der Waals surface area (Å²) in [5.74, 6) is 0.696. The molecule has 0 aliphatic heterocycles. The average molecular weight is 281 g/mol. The number of hydrogen-bond acceptors (Lipinski definition) is 3. The first-order chi connectivity index (χ1) is 8.95. The first-order valence-electron chi connectivity index (χ1n) is 7.05. The maximum atomic E-state index is 12.6. The first kappa shape index (κ1) is 14.4. The highest BCUT2D eigenvalue weighted by molar-refractivity contribution is 7.92. The summed E-state index contributed by atoms with van der Waals surface area (Å²) in [5, 5.41) is -0.250. The Morgan fingerprint density at radius 1 is 1.21 bits per heavy atom. The number of benzene rings is 1. The topological polar surface area (TPSA) is 60.2 Å². The van der Waals surface area contributed by atoms with E-state index in [-0.39, 0.29) is 5.25 Å². The van der Waals surface area contributed by atoms with E-state index in [1.54, 1.807) is 12.1 Å². The van der Waals surface area contributed by atoms with Crippen LogP contribution in [0, 0.1) is 12.8 Å². The normalized spacial score (nSPS) is 24.3. The molecule has 0 saturated heterocycles. The van der Waals surface area contributed by atoms with E-state index >= 15 is 0 Å². The molecule has 0 atom stereocenters. The third-order valence-electron chi connectivity index (χ3n) is 4.28. The molecule has 0 unspecified atom stereocenters. The number of sulfone groups is 1. The molecular formula is C15H23NO2S. The summed E-state index contributed by atoms with van der Waals surface area (Å²) < 4.78 is 25.3. The van der Waals surface area contributed by atoms with Gasteiger partial charge in [0.15, 0.2) is 9.84 Å². The fourth-order valence-electron chi connectivity index (χ4n) is 2.96. The molecule has 2 N–H and O–H groups in total. The minimum Gasteiger partial charge on any atom is -0.398 e. The molecule has 0 bridgehead atoms. The first-order valence-corrected chi connectivity index (χ1v) is 8.59. The van der Waals surface area contributed by atoms with E-state index in [9.17, 15) is 8.42 Å². The fourth-order valence-corrected chi connectivity index (χ4v) is 4.85. The molecule has 1 aromatic carbocycles. The molecule has 0 radical (unpaired) electrons. The van der Waals surface area contributed by atoms with Crippen molar-refractivity contribution in [3.05, 3.63) is 23.8 Å². The van der Waals surface area contributed by atoms with Gasteiger partial charge in [-0.1, -0.05) is 19.4 Å². The van der Waals surface area contributed by atoms with Crippen LogP contribution in [0.15, 0.2) is 23.1 Å². The Morgan fingerprint density at radius 3 is 2.37 bits per heavy atom. The van der Waals surface area contributed by atoms with Crippen LogP contribution in [0.25, 0.3) is 0 Å². The minimum atomic E-state index is -3.27. The maximum Gasteiger partial charge on any atom is 0.183 e. The molecule has 1 fully saturated rings. The molecule has 1 aromatic rings. The van der Waals surface area contributed by atoms with Crippen LogP contribution in [-0.4, -0.2) is 13.7 Å². The summed E-state index contributed by atoms with van der Waals surface area (Å²) in [7, 11) is -3.27. The van der Waals surface area contributed by atoms with E-state index in [4.69, 9.17) is 5.73 Å². The number of anilines is 1. The Labute approximate surface area is 116 Å². The molecule has 0 spiro atoms. The molecule has 3 nitrogen and oxygen atoms in total. The lowest BCUT2D eigenvalue weighted by Gasteiger charge is -2.27. The van der Waals surface area contributed by atoms with Gasteiger partial charge < -0.3 is 5.73 Å². The van der Waals surface area contributed by atoms with Crippen molar-refractivity contribution in [2.75, 3.05) is 5.73 Å². The zero-order chi connectivity index (χ0) is 14.0. The van der Waals surface area contributed by atoms with Gasteiger partial charge in [-0.25, -0.2) is 8.42 Å². The Balaban J connectivity index is 2.23. The van der Waals surface area contributed by atoms with E-state index in [1.165, 1.54) is 0 Å². The molecule has 1 aliphatic rings. The number of hydrogen-bond donors (Lipinski definition) is 1. The monoisotopic (exact) mass is 281 g/mol. The number of rotatable bonds is 3. The summed E-state index contributed by atoms with van der Waals surface area (Å²) in [5.41, 5.74) is 7.27. The molecule has 0 amide bonds. The summed E-state index contributed by atoms with van der Waals surface area (Å²) >= 11 is 0. The standard InChI is InChI=1S/C15H23NO2S/c1-3-12-5-7-13(8-6-12)19(17,18)15-9-4-11(2)10-14(15)16/h4,9-10,12-13H,3,5-8,16H2,1-2H3. The lowest BCUT2D eigenvalue weighted by atomic mass is 9.87. The van der Waals surface area contributed by atoms with Crippen molar-refractivity contribution in [2.24, 2.45) is 5.92 Å². The van der Waals surface area contributed by atoms with Crippen LogP contribution in [0.1, 0.15) is 44.6 Å².